The molecule has 1 nitrogen and oxygen atoms in total. The van der Waals surface area contributed by atoms with Crippen molar-refractivity contribution < 1.29 is 0 Å². The molecule has 0 fully saturated rings. The molecule has 96 valence electrons. The van der Waals surface area contributed by atoms with Crippen molar-refractivity contribution in [3.05, 3.63) is 57.3 Å². The highest BCUT2D eigenvalue weighted by Crippen LogP contribution is 2.27. The van der Waals surface area contributed by atoms with Gasteiger partial charge in [-0.3, -0.25) is 0 Å². The van der Waals surface area contributed by atoms with Crippen LogP contribution in [0.2, 0.25) is 0 Å². The van der Waals surface area contributed by atoms with Gasteiger partial charge in [-0.05, 0) is 54.9 Å². The van der Waals surface area contributed by atoms with Crippen LogP contribution in [0.1, 0.15) is 34.5 Å². The van der Waals surface area contributed by atoms with Crippen molar-refractivity contribution in [3.63, 3.8) is 0 Å². The molecule has 2 heteroatoms. The minimum Gasteiger partial charge on any atom is -0.309 e. The minimum absolute atomic E-state index is 0.441. The zero-order chi connectivity index (χ0) is 13.0. The Morgan fingerprint density at radius 3 is 2.50 bits per heavy atom. The molecule has 0 saturated carbocycles. The van der Waals surface area contributed by atoms with E-state index < -0.39 is 0 Å². The van der Waals surface area contributed by atoms with Crippen molar-refractivity contribution in [3.8, 4) is 0 Å². The summed E-state index contributed by atoms with van der Waals surface area (Å²) in [5, 5.41) is 5.80. The third-order valence-corrected chi connectivity index (χ3v) is 4.49. The molecule has 1 atom stereocenters. The normalized spacial score (nSPS) is 12.6. The summed E-state index contributed by atoms with van der Waals surface area (Å²) in [4.78, 5) is 1.47. The van der Waals surface area contributed by atoms with Crippen LogP contribution in [0.3, 0.4) is 0 Å². The van der Waals surface area contributed by atoms with E-state index in [0.717, 1.165) is 13.0 Å². The zero-order valence-electron chi connectivity index (χ0n) is 11.4. The minimum atomic E-state index is 0.441. The average molecular weight is 259 g/mol. The molecule has 1 aromatic heterocycles. The van der Waals surface area contributed by atoms with Crippen molar-refractivity contribution in [2.45, 2.75) is 33.2 Å². The van der Waals surface area contributed by atoms with Crippen LogP contribution in [0.5, 0.6) is 0 Å². The summed E-state index contributed by atoms with van der Waals surface area (Å²) in [6.07, 6.45) is 1.07. The van der Waals surface area contributed by atoms with Gasteiger partial charge in [0, 0.05) is 10.9 Å². The highest BCUT2D eigenvalue weighted by Gasteiger charge is 2.15. The van der Waals surface area contributed by atoms with Crippen LogP contribution in [0.4, 0.5) is 0 Å². The highest BCUT2D eigenvalue weighted by atomic mass is 32.1. The number of hydrogen-bond acceptors (Lipinski definition) is 2. The molecule has 0 amide bonds. The molecular formula is C16H21NS. The van der Waals surface area contributed by atoms with Crippen molar-refractivity contribution in [2.24, 2.45) is 0 Å². The monoisotopic (exact) mass is 259 g/mol. The SMILES string of the molecule is CCNC(Cc1ccccc1C)c1sccc1C. The zero-order valence-corrected chi connectivity index (χ0v) is 12.2. The second-order valence-electron chi connectivity index (χ2n) is 4.71. The molecule has 18 heavy (non-hydrogen) atoms. The van der Waals surface area contributed by atoms with Crippen LogP contribution in [-0.2, 0) is 6.42 Å². The van der Waals surface area contributed by atoms with E-state index >= 15 is 0 Å². The summed E-state index contributed by atoms with van der Waals surface area (Å²) in [5.74, 6) is 0. The number of rotatable bonds is 5. The number of hydrogen-bond donors (Lipinski definition) is 1. The van der Waals surface area contributed by atoms with Crippen molar-refractivity contribution >= 4 is 11.3 Å². The number of benzene rings is 1. The molecule has 0 aliphatic rings. The van der Waals surface area contributed by atoms with E-state index in [4.69, 9.17) is 0 Å². The van der Waals surface area contributed by atoms with Crippen LogP contribution in [0.15, 0.2) is 35.7 Å². The molecule has 1 unspecified atom stereocenters. The second-order valence-corrected chi connectivity index (χ2v) is 5.66. The second kappa shape index (κ2) is 6.17. The van der Waals surface area contributed by atoms with Crippen LogP contribution in [0, 0.1) is 13.8 Å². The maximum absolute atomic E-state index is 3.61. The Hall–Kier alpha value is -1.12. The van der Waals surface area contributed by atoms with Gasteiger partial charge in [0.1, 0.15) is 0 Å². The Kier molecular flexibility index (Phi) is 4.56. The summed E-state index contributed by atoms with van der Waals surface area (Å²) in [6.45, 7) is 7.58. The fourth-order valence-corrected chi connectivity index (χ4v) is 3.31. The lowest BCUT2D eigenvalue weighted by Crippen LogP contribution is -2.23. The fourth-order valence-electron chi connectivity index (χ4n) is 2.30. The highest BCUT2D eigenvalue weighted by molar-refractivity contribution is 7.10. The Morgan fingerprint density at radius 2 is 1.89 bits per heavy atom. The largest absolute Gasteiger partial charge is 0.309 e. The van der Waals surface area contributed by atoms with Gasteiger partial charge in [0.2, 0.25) is 0 Å². The Labute approximate surface area is 114 Å². The first-order valence-electron chi connectivity index (χ1n) is 6.54. The van der Waals surface area contributed by atoms with E-state index in [2.05, 4.69) is 61.8 Å². The van der Waals surface area contributed by atoms with E-state index in [1.54, 1.807) is 0 Å². The number of nitrogens with one attached hydrogen (secondary N) is 1. The van der Waals surface area contributed by atoms with E-state index in [1.807, 2.05) is 11.3 Å². The number of aryl methyl sites for hydroxylation is 2. The van der Waals surface area contributed by atoms with E-state index in [9.17, 15) is 0 Å². The fraction of sp³-hybridized carbons (Fsp3) is 0.375. The van der Waals surface area contributed by atoms with Gasteiger partial charge in [0.15, 0.2) is 0 Å². The molecule has 2 aromatic rings. The quantitative estimate of drug-likeness (QED) is 0.846. The van der Waals surface area contributed by atoms with E-state index in [1.165, 1.54) is 21.6 Å². The third kappa shape index (κ3) is 3.01. The molecule has 0 spiro atoms. The van der Waals surface area contributed by atoms with E-state index in [0.29, 0.717) is 6.04 Å². The van der Waals surface area contributed by atoms with Gasteiger partial charge in [-0.2, -0.15) is 0 Å². The molecule has 1 heterocycles. The summed E-state index contributed by atoms with van der Waals surface area (Å²) in [7, 11) is 0. The molecule has 0 aliphatic heterocycles. The smallest absolute Gasteiger partial charge is 0.0458 e. The van der Waals surface area contributed by atoms with Crippen molar-refractivity contribution in [2.75, 3.05) is 6.54 Å². The van der Waals surface area contributed by atoms with Crippen LogP contribution in [-0.4, -0.2) is 6.54 Å². The van der Waals surface area contributed by atoms with Gasteiger partial charge in [-0.25, -0.2) is 0 Å². The molecule has 0 saturated heterocycles. The van der Waals surface area contributed by atoms with Gasteiger partial charge in [0.25, 0.3) is 0 Å². The first-order chi connectivity index (χ1) is 8.72. The topological polar surface area (TPSA) is 12.0 Å². The van der Waals surface area contributed by atoms with E-state index in [-0.39, 0.29) is 0 Å². The molecule has 0 aliphatic carbocycles. The van der Waals surface area contributed by atoms with Gasteiger partial charge in [-0.1, -0.05) is 31.2 Å². The Morgan fingerprint density at radius 1 is 1.11 bits per heavy atom. The number of likely N-dealkylation sites (N-methyl/N-ethyl adjacent to an activating group) is 1. The van der Waals surface area contributed by atoms with Gasteiger partial charge < -0.3 is 5.32 Å². The van der Waals surface area contributed by atoms with Crippen molar-refractivity contribution in [1.29, 1.82) is 0 Å². The lowest BCUT2D eigenvalue weighted by Gasteiger charge is -2.19. The Balaban J connectivity index is 2.22. The molecule has 1 aromatic carbocycles. The predicted molar refractivity (Wildman–Crippen MR) is 80.4 cm³/mol. The standard InChI is InChI=1S/C16H21NS/c1-4-17-15(16-13(3)9-10-18-16)11-14-8-6-5-7-12(14)2/h5-10,15,17H,4,11H2,1-3H3. The maximum atomic E-state index is 3.61. The van der Waals surface area contributed by atoms with Crippen LogP contribution in [0.25, 0.3) is 0 Å². The first-order valence-corrected chi connectivity index (χ1v) is 7.42. The van der Waals surface area contributed by atoms with Crippen LogP contribution >= 0.6 is 11.3 Å². The summed E-state index contributed by atoms with van der Waals surface area (Å²) in [6, 6.07) is 11.3. The molecule has 0 bridgehead atoms. The molecule has 2 rings (SSSR count). The maximum Gasteiger partial charge on any atom is 0.0458 e. The molecule has 0 radical (unpaired) electrons. The van der Waals surface area contributed by atoms with Crippen molar-refractivity contribution in [1.82, 2.24) is 5.32 Å². The van der Waals surface area contributed by atoms with Gasteiger partial charge in [-0.15, -0.1) is 11.3 Å². The third-order valence-electron chi connectivity index (χ3n) is 3.35. The summed E-state index contributed by atoms with van der Waals surface area (Å²) >= 11 is 1.86. The average Bonchev–Trinajstić information content (AvgIpc) is 2.78. The molecular weight excluding hydrogens is 238 g/mol. The lowest BCUT2D eigenvalue weighted by atomic mass is 9.99. The van der Waals surface area contributed by atoms with Gasteiger partial charge in [0.05, 0.1) is 0 Å². The Bertz CT molecular complexity index is 501. The first kappa shape index (κ1) is 13.3. The van der Waals surface area contributed by atoms with Gasteiger partial charge >= 0.3 is 0 Å². The predicted octanol–water partition coefficient (Wildman–Crippen LogP) is 4.26. The number of thiophene rings is 1. The van der Waals surface area contributed by atoms with Crippen LogP contribution < -0.4 is 5.32 Å². The molecule has 1 N–H and O–H groups in total. The summed E-state index contributed by atoms with van der Waals surface area (Å²) in [5.41, 5.74) is 4.23. The lowest BCUT2D eigenvalue weighted by molar-refractivity contribution is 0.555. The summed E-state index contributed by atoms with van der Waals surface area (Å²) < 4.78 is 0.